The lowest BCUT2D eigenvalue weighted by Crippen LogP contribution is -2.26. The first-order valence-electron chi connectivity index (χ1n) is 5.05. The number of methoxy groups -OCH3 is 1. The van der Waals surface area contributed by atoms with Crippen LogP contribution < -0.4 is 0 Å². The number of hydrogen-bond donors (Lipinski definition) is 0. The Morgan fingerprint density at radius 1 is 1.18 bits per heavy atom. The molecule has 0 radical (unpaired) electrons. The molecule has 0 N–H and O–H groups in total. The monoisotopic (exact) mass is 242 g/mol. The molecule has 6 heteroatoms. The van der Waals surface area contributed by atoms with Crippen LogP contribution >= 0.6 is 0 Å². The number of hydrogen-bond acceptors (Lipinski definition) is 5. The van der Waals surface area contributed by atoms with Gasteiger partial charge in [0.25, 0.3) is 0 Å². The Balaban J connectivity index is 4.86. The van der Waals surface area contributed by atoms with E-state index in [2.05, 4.69) is 14.7 Å². The minimum absolute atomic E-state index is 0.00152. The van der Waals surface area contributed by atoms with Gasteiger partial charge in [0, 0.05) is 7.05 Å². The van der Waals surface area contributed by atoms with Crippen LogP contribution in [-0.2, 0) is 14.3 Å². The van der Waals surface area contributed by atoms with Crippen molar-refractivity contribution in [3.05, 3.63) is 0 Å². The highest BCUT2D eigenvalue weighted by Crippen LogP contribution is 2.08. The second kappa shape index (κ2) is 6.12. The van der Waals surface area contributed by atoms with E-state index in [9.17, 15) is 9.59 Å². The van der Waals surface area contributed by atoms with Gasteiger partial charge < -0.3 is 9.47 Å². The molecule has 1 amide bonds. The van der Waals surface area contributed by atoms with Crippen molar-refractivity contribution in [2.45, 2.75) is 33.3 Å². The van der Waals surface area contributed by atoms with Crippen molar-refractivity contribution >= 4 is 23.5 Å². The van der Waals surface area contributed by atoms with E-state index in [1.54, 1.807) is 20.8 Å². The van der Waals surface area contributed by atoms with Crippen LogP contribution in [0.3, 0.4) is 0 Å². The molecule has 0 aromatic carbocycles. The highest BCUT2D eigenvalue weighted by molar-refractivity contribution is 6.65. The number of rotatable bonds is 2. The van der Waals surface area contributed by atoms with Gasteiger partial charge in [-0.1, -0.05) is 0 Å². The second-order valence-corrected chi connectivity index (χ2v) is 4.24. The summed E-state index contributed by atoms with van der Waals surface area (Å²) >= 11 is 0. The van der Waals surface area contributed by atoms with Gasteiger partial charge in [-0.3, -0.25) is 4.99 Å². The number of nitrogens with zero attached hydrogens (tertiary/aromatic N) is 2. The second-order valence-electron chi connectivity index (χ2n) is 4.24. The number of ether oxygens (including phenoxy) is 2. The van der Waals surface area contributed by atoms with Crippen molar-refractivity contribution < 1.29 is 19.1 Å². The summed E-state index contributed by atoms with van der Waals surface area (Å²) in [5.41, 5.74) is -0.470. The Morgan fingerprint density at radius 2 is 1.71 bits per heavy atom. The lowest BCUT2D eigenvalue weighted by molar-refractivity contribution is -0.132. The molecule has 0 fully saturated rings. The van der Waals surface area contributed by atoms with E-state index in [1.807, 2.05) is 0 Å². The van der Waals surface area contributed by atoms with Crippen molar-refractivity contribution in [1.29, 1.82) is 0 Å². The van der Waals surface area contributed by atoms with Crippen LogP contribution in [0.1, 0.15) is 27.7 Å². The van der Waals surface area contributed by atoms with Crippen LogP contribution in [-0.4, -0.2) is 43.2 Å². The third-order valence-corrected chi connectivity index (χ3v) is 1.60. The molecule has 96 valence electrons. The van der Waals surface area contributed by atoms with E-state index in [0.29, 0.717) is 0 Å². The summed E-state index contributed by atoms with van der Waals surface area (Å²) < 4.78 is 9.49. The molecule has 6 nitrogen and oxygen atoms in total. The number of carbonyl (C=O) groups is 2. The summed E-state index contributed by atoms with van der Waals surface area (Å²) in [5.74, 6) is -0.641. The van der Waals surface area contributed by atoms with Gasteiger partial charge in [0.05, 0.1) is 12.8 Å². The van der Waals surface area contributed by atoms with Crippen molar-refractivity contribution in [2.75, 3.05) is 14.2 Å². The van der Waals surface area contributed by atoms with Gasteiger partial charge >= 0.3 is 12.1 Å². The zero-order valence-electron chi connectivity index (χ0n) is 11.0. The molecule has 0 bridgehead atoms. The third-order valence-electron chi connectivity index (χ3n) is 1.60. The summed E-state index contributed by atoms with van der Waals surface area (Å²) in [4.78, 5) is 30.0. The molecule has 0 spiro atoms. The van der Waals surface area contributed by atoms with E-state index < -0.39 is 17.7 Å². The maximum Gasteiger partial charge on any atom is 0.434 e. The van der Waals surface area contributed by atoms with Crippen LogP contribution in [0.25, 0.3) is 0 Å². The summed E-state index contributed by atoms with van der Waals surface area (Å²) in [6.07, 6.45) is -0.764. The van der Waals surface area contributed by atoms with Crippen LogP contribution in [0.15, 0.2) is 9.98 Å². The Kier molecular flexibility index (Phi) is 5.50. The molecule has 0 aliphatic carbocycles. The zero-order chi connectivity index (χ0) is 13.6. The Labute approximate surface area is 101 Å². The Hall–Kier alpha value is -1.72. The molecule has 0 aliphatic heterocycles. The number of esters is 1. The summed E-state index contributed by atoms with van der Waals surface area (Å²) in [5, 5.41) is 0. The largest absolute Gasteiger partial charge is 0.464 e. The Morgan fingerprint density at radius 3 is 2.06 bits per heavy atom. The predicted octanol–water partition coefficient (Wildman–Crippen LogP) is 1.63. The lowest BCUT2D eigenvalue weighted by Gasteiger charge is -2.17. The van der Waals surface area contributed by atoms with E-state index in [0.717, 1.165) is 0 Å². The molecular formula is C11H18N2O4. The molecule has 0 heterocycles. The van der Waals surface area contributed by atoms with Gasteiger partial charge in [-0.25, -0.2) is 9.59 Å². The maximum atomic E-state index is 11.4. The van der Waals surface area contributed by atoms with Crippen LogP contribution in [0.5, 0.6) is 0 Å². The van der Waals surface area contributed by atoms with Gasteiger partial charge in [-0.15, -0.1) is 0 Å². The topological polar surface area (TPSA) is 77.3 Å². The van der Waals surface area contributed by atoms with Gasteiger partial charge in [0.15, 0.2) is 5.71 Å². The first-order valence-corrected chi connectivity index (χ1v) is 5.05. The fourth-order valence-electron chi connectivity index (χ4n) is 0.972. The van der Waals surface area contributed by atoms with E-state index in [-0.39, 0.29) is 11.4 Å². The smallest absolute Gasteiger partial charge is 0.434 e. The average molecular weight is 242 g/mol. The zero-order valence-corrected chi connectivity index (χ0v) is 11.0. The first kappa shape index (κ1) is 15.3. The van der Waals surface area contributed by atoms with E-state index in [1.165, 1.54) is 21.1 Å². The van der Waals surface area contributed by atoms with Gasteiger partial charge in [-0.2, -0.15) is 4.99 Å². The fourth-order valence-corrected chi connectivity index (χ4v) is 0.972. The van der Waals surface area contributed by atoms with Crippen LogP contribution in [0.2, 0.25) is 0 Å². The standard InChI is InChI=1S/C11H18N2O4/c1-7(8(12-5)9(14)16-6)13-10(15)17-11(2,3)4/h1-6H3. The van der Waals surface area contributed by atoms with Gasteiger partial charge in [-0.05, 0) is 27.7 Å². The van der Waals surface area contributed by atoms with Gasteiger partial charge in [0.1, 0.15) is 5.60 Å². The minimum Gasteiger partial charge on any atom is -0.464 e. The van der Waals surface area contributed by atoms with Crippen LogP contribution in [0, 0.1) is 0 Å². The van der Waals surface area contributed by atoms with Crippen molar-refractivity contribution in [3.63, 3.8) is 0 Å². The molecule has 0 aromatic heterocycles. The summed E-state index contributed by atoms with van der Waals surface area (Å²) in [6, 6.07) is 0. The number of amides is 1. The van der Waals surface area contributed by atoms with E-state index >= 15 is 0 Å². The van der Waals surface area contributed by atoms with Crippen molar-refractivity contribution in [1.82, 2.24) is 0 Å². The quantitative estimate of drug-likeness (QED) is 0.544. The predicted molar refractivity (Wildman–Crippen MR) is 64.7 cm³/mol. The van der Waals surface area contributed by atoms with E-state index in [4.69, 9.17) is 4.74 Å². The maximum absolute atomic E-state index is 11.4. The summed E-state index contributed by atoms with van der Waals surface area (Å²) in [7, 11) is 2.65. The van der Waals surface area contributed by atoms with Crippen molar-refractivity contribution in [2.24, 2.45) is 9.98 Å². The first-order chi connectivity index (χ1) is 7.71. The summed E-state index contributed by atoms with van der Waals surface area (Å²) in [6.45, 7) is 6.67. The Bertz CT molecular complexity index is 364. The fraction of sp³-hybridized carbons (Fsp3) is 0.636. The third kappa shape index (κ3) is 5.79. The normalized spacial score (nSPS) is 13.3. The van der Waals surface area contributed by atoms with Crippen LogP contribution in [0.4, 0.5) is 4.79 Å². The highest BCUT2D eigenvalue weighted by atomic mass is 16.6. The highest BCUT2D eigenvalue weighted by Gasteiger charge is 2.19. The molecule has 0 rings (SSSR count). The number of aliphatic imine (C=N–C) groups is 2. The molecule has 0 aromatic rings. The SMILES string of the molecule is CN=C(C(=O)OC)C(C)=NC(=O)OC(C)(C)C. The molecule has 0 atom stereocenters. The molecule has 17 heavy (non-hydrogen) atoms. The average Bonchev–Trinajstić information content (AvgIpc) is 2.15. The molecular weight excluding hydrogens is 224 g/mol. The minimum atomic E-state index is -0.764. The molecule has 0 saturated carbocycles. The molecule has 0 saturated heterocycles. The van der Waals surface area contributed by atoms with Crippen molar-refractivity contribution in [3.8, 4) is 0 Å². The molecule has 0 unspecified atom stereocenters. The number of carbonyl (C=O) groups excluding carboxylic acids is 2. The van der Waals surface area contributed by atoms with Gasteiger partial charge in [0.2, 0.25) is 0 Å². The lowest BCUT2D eigenvalue weighted by atomic mass is 10.2. The molecule has 0 aliphatic rings.